The van der Waals surface area contributed by atoms with E-state index in [0.717, 1.165) is 49.9 Å². The lowest BCUT2D eigenvalue weighted by atomic mass is 10.1. The van der Waals surface area contributed by atoms with Gasteiger partial charge in [0.25, 0.3) is 0 Å². The van der Waals surface area contributed by atoms with E-state index in [1.165, 1.54) is 31.2 Å². The summed E-state index contributed by atoms with van der Waals surface area (Å²) in [5.74, 6) is 1.76. The number of rotatable bonds is 3. The summed E-state index contributed by atoms with van der Waals surface area (Å²) in [6.07, 6.45) is 7.36. The van der Waals surface area contributed by atoms with E-state index in [0.29, 0.717) is 5.28 Å². The normalized spacial score (nSPS) is 20.1. The van der Waals surface area contributed by atoms with Gasteiger partial charge in [0.1, 0.15) is 5.82 Å². The molecule has 19 heavy (non-hydrogen) atoms. The van der Waals surface area contributed by atoms with Gasteiger partial charge in [-0.05, 0) is 43.3 Å². The first-order valence-corrected chi connectivity index (χ1v) is 7.70. The molecule has 1 aliphatic heterocycles. The van der Waals surface area contributed by atoms with Crippen LogP contribution in [0.25, 0.3) is 0 Å². The highest BCUT2D eigenvalue weighted by Gasteiger charge is 2.18. The standard InChI is InChI=1S/C14H21ClN4/c15-14-18-12-6-8-16-7-5-11(12)13(19-14)17-9-10-3-1-2-4-10/h10,16H,1-9H2,(H,17,18,19). The van der Waals surface area contributed by atoms with Gasteiger partial charge in [-0.15, -0.1) is 0 Å². The van der Waals surface area contributed by atoms with Crippen molar-refractivity contribution in [3.8, 4) is 0 Å². The number of hydrogen-bond acceptors (Lipinski definition) is 4. The molecule has 0 amide bonds. The summed E-state index contributed by atoms with van der Waals surface area (Å²) in [5, 5.41) is 7.29. The van der Waals surface area contributed by atoms with Crippen LogP contribution in [0.1, 0.15) is 36.9 Å². The van der Waals surface area contributed by atoms with Gasteiger partial charge in [0.05, 0.1) is 5.69 Å². The topological polar surface area (TPSA) is 49.8 Å². The Morgan fingerprint density at radius 1 is 1.16 bits per heavy atom. The Balaban J connectivity index is 1.77. The first-order chi connectivity index (χ1) is 9.33. The van der Waals surface area contributed by atoms with Crippen molar-refractivity contribution in [1.29, 1.82) is 0 Å². The lowest BCUT2D eigenvalue weighted by Gasteiger charge is -2.15. The van der Waals surface area contributed by atoms with E-state index < -0.39 is 0 Å². The number of aromatic nitrogens is 2. The van der Waals surface area contributed by atoms with Crippen molar-refractivity contribution in [3.63, 3.8) is 0 Å². The Labute approximate surface area is 119 Å². The Kier molecular flexibility index (Phi) is 4.18. The minimum absolute atomic E-state index is 0.370. The third-order valence-electron chi connectivity index (χ3n) is 4.19. The van der Waals surface area contributed by atoms with E-state index in [9.17, 15) is 0 Å². The summed E-state index contributed by atoms with van der Waals surface area (Å²) in [5.41, 5.74) is 2.37. The molecule has 1 fully saturated rings. The monoisotopic (exact) mass is 280 g/mol. The average Bonchev–Trinajstić information content (AvgIpc) is 2.80. The van der Waals surface area contributed by atoms with Gasteiger partial charge < -0.3 is 10.6 Å². The number of nitrogens with one attached hydrogen (secondary N) is 2. The average molecular weight is 281 g/mol. The van der Waals surface area contributed by atoms with E-state index in [2.05, 4.69) is 20.6 Å². The van der Waals surface area contributed by atoms with Crippen LogP contribution < -0.4 is 10.6 Å². The number of fused-ring (bicyclic) bond motifs is 1. The zero-order chi connectivity index (χ0) is 13.1. The van der Waals surface area contributed by atoms with Crippen LogP contribution in [0.4, 0.5) is 5.82 Å². The van der Waals surface area contributed by atoms with Gasteiger partial charge in [0.15, 0.2) is 0 Å². The lowest BCUT2D eigenvalue weighted by Crippen LogP contribution is -2.17. The quantitative estimate of drug-likeness (QED) is 0.835. The number of halogens is 1. The van der Waals surface area contributed by atoms with E-state index in [-0.39, 0.29) is 0 Å². The third-order valence-corrected chi connectivity index (χ3v) is 4.36. The fraction of sp³-hybridized carbons (Fsp3) is 0.714. The molecule has 1 saturated carbocycles. The Morgan fingerprint density at radius 2 is 1.95 bits per heavy atom. The largest absolute Gasteiger partial charge is 0.369 e. The molecule has 0 saturated heterocycles. The molecule has 1 aliphatic carbocycles. The third kappa shape index (κ3) is 3.18. The second-order valence-corrected chi connectivity index (χ2v) is 5.89. The summed E-state index contributed by atoms with van der Waals surface area (Å²) >= 11 is 6.05. The minimum atomic E-state index is 0.370. The second-order valence-electron chi connectivity index (χ2n) is 5.55. The zero-order valence-corrected chi connectivity index (χ0v) is 12.0. The van der Waals surface area contributed by atoms with Crippen LogP contribution in [-0.2, 0) is 12.8 Å². The highest BCUT2D eigenvalue weighted by molar-refractivity contribution is 6.28. The summed E-state index contributed by atoms with van der Waals surface area (Å²) in [6.45, 7) is 2.99. The van der Waals surface area contributed by atoms with Gasteiger partial charge >= 0.3 is 0 Å². The van der Waals surface area contributed by atoms with Crippen LogP contribution in [0.2, 0.25) is 5.28 Å². The molecule has 1 aromatic rings. The van der Waals surface area contributed by atoms with Gasteiger partial charge in [-0.3, -0.25) is 0 Å². The van der Waals surface area contributed by atoms with Crippen LogP contribution >= 0.6 is 11.6 Å². The molecule has 0 bridgehead atoms. The van der Waals surface area contributed by atoms with Crippen molar-refractivity contribution in [2.24, 2.45) is 5.92 Å². The molecule has 5 heteroatoms. The molecular formula is C14H21ClN4. The van der Waals surface area contributed by atoms with Crippen LogP contribution in [0, 0.1) is 5.92 Å². The van der Waals surface area contributed by atoms with Crippen LogP contribution in [0.3, 0.4) is 0 Å². The predicted octanol–water partition coefficient (Wildman–Crippen LogP) is 2.42. The molecule has 2 heterocycles. The maximum Gasteiger partial charge on any atom is 0.224 e. The fourth-order valence-electron chi connectivity index (χ4n) is 3.12. The molecular weight excluding hydrogens is 260 g/mol. The lowest BCUT2D eigenvalue weighted by molar-refractivity contribution is 0.578. The van der Waals surface area contributed by atoms with Crippen molar-refractivity contribution in [1.82, 2.24) is 15.3 Å². The molecule has 104 valence electrons. The highest BCUT2D eigenvalue weighted by Crippen LogP contribution is 2.26. The van der Waals surface area contributed by atoms with Gasteiger partial charge in [-0.1, -0.05) is 12.8 Å². The maximum absolute atomic E-state index is 6.05. The van der Waals surface area contributed by atoms with Crippen molar-refractivity contribution in [2.75, 3.05) is 25.0 Å². The van der Waals surface area contributed by atoms with Crippen molar-refractivity contribution < 1.29 is 0 Å². The predicted molar refractivity (Wildman–Crippen MR) is 77.8 cm³/mol. The molecule has 0 atom stereocenters. The summed E-state index contributed by atoms with van der Waals surface area (Å²) in [6, 6.07) is 0. The molecule has 4 nitrogen and oxygen atoms in total. The number of nitrogens with zero attached hydrogens (tertiary/aromatic N) is 2. The van der Waals surface area contributed by atoms with Gasteiger partial charge in [-0.2, -0.15) is 0 Å². The summed E-state index contributed by atoms with van der Waals surface area (Å²) in [7, 11) is 0. The van der Waals surface area contributed by atoms with Gasteiger partial charge in [0, 0.05) is 25.1 Å². The smallest absolute Gasteiger partial charge is 0.224 e. The Bertz CT molecular complexity index is 443. The minimum Gasteiger partial charge on any atom is -0.369 e. The molecule has 1 aromatic heterocycles. The van der Waals surface area contributed by atoms with Crippen molar-refractivity contribution in [3.05, 3.63) is 16.5 Å². The SMILES string of the molecule is Clc1nc2c(c(NCC3CCCC3)n1)CCNCC2. The molecule has 2 aliphatic rings. The van der Waals surface area contributed by atoms with E-state index in [4.69, 9.17) is 11.6 Å². The summed E-state index contributed by atoms with van der Waals surface area (Å²) < 4.78 is 0. The molecule has 0 unspecified atom stereocenters. The van der Waals surface area contributed by atoms with Crippen LogP contribution in [0.15, 0.2) is 0 Å². The van der Waals surface area contributed by atoms with E-state index in [1.54, 1.807) is 0 Å². The summed E-state index contributed by atoms with van der Waals surface area (Å²) in [4.78, 5) is 8.79. The van der Waals surface area contributed by atoms with Gasteiger partial charge in [-0.25, -0.2) is 9.97 Å². The Hall–Kier alpha value is -0.870. The van der Waals surface area contributed by atoms with Crippen LogP contribution in [-0.4, -0.2) is 29.6 Å². The highest BCUT2D eigenvalue weighted by atomic mass is 35.5. The molecule has 0 radical (unpaired) electrons. The van der Waals surface area contributed by atoms with Gasteiger partial charge in [0.2, 0.25) is 5.28 Å². The molecule has 2 N–H and O–H groups in total. The fourth-order valence-corrected chi connectivity index (χ4v) is 3.30. The number of hydrogen-bond donors (Lipinski definition) is 2. The van der Waals surface area contributed by atoms with E-state index in [1.807, 2.05) is 0 Å². The molecule has 0 spiro atoms. The first-order valence-electron chi connectivity index (χ1n) is 7.33. The molecule has 0 aromatic carbocycles. The maximum atomic E-state index is 6.05. The Morgan fingerprint density at radius 3 is 2.79 bits per heavy atom. The first kappa shape index (κ1) is 13.1. The van der Waals surface area contributed by atoms with E-state index >= 15 is 0 Å². The van der Waals surface area contributed by atoms with Crippen molar-refractivity contribution >= 4 is 17.4 Å². The molecule has 3 rings (SSSR count). The number of anilines is 1. The second kappa shape index (κ2) is 6.06. The zero-order valence-electron chi connectivity index (χ0n) is 11.2. The van der Waals surface area contributed by atoms with Crippen LogP contribution in [0.5, 0.6) is 0 Å². The van der Waals surface area contributed by atoms with Crippen molar-refractivity contribution in [2.45, 2.75) is 38.5 Å².